The lowest BCUT2D eigenvalue weighted by molar-refractivity contribution is 0.0995. The van der Waals surface area contributed by atoms with Crippen molar-refractivity contribution < 1.29 is 19.8 Å². The summed E-state index contributed by atoms with van der Waals surface area (Å²) in [6, 6.07) is 17.1. The van der Waals surface area contributed by atoms with Gasteiger partial charge in [0.2, 0.25) is 0 Å². The highest BCUT2D eigenvalue weighted by Gasteiger charge is 2.20. The van der Waals surface area contributed by atoms with Gasteiger partial charge in [-0.3, -0.25) is 19.2 Å². The third-order valence-electron chi connectivity index (χ3n) is 8.36. The van der Waals surface area contributed by atoms with Gasteiger partial charge in [0, 0.05) is 31.8 Å². The predicted molar refractivity (Wildman–Crippen MR) is 233 cm³/mol. The van der Waals surface area contributed by atoms with E-state index in [-0.39, 0.29) is 62.1 Å². The molecule has 2 atom stereocenters. The molecule has 2 aromatic carbocycles. The van der Waals surface area contributed by atoms with Crippen LogP contribution in [0.1, 0.15) is 54.3 Å². The molecule has 0 aliphatic carbocycles. The lowest BCUT2D eigenvalue weighted by atomic mass is 10.1. The molecule has 18 nitrogen and oxygen atoms in total. The number of aromatic amines is 1. The maximum absolute atomic E-state index is 12.8. The first-order valence-electron chi connectivity index (χ1n) is 17.3. The quantitative estimate of drug-likeness (QED) is 0.102. The predicted octanol–water partition coefficient (Wildman–Crippen LogP) is 5.38. The minimum absolute atomic E-state index is 0.0455. The van der Waals surface area contributed by atoms with E-state index in [1.165, 1.54) is 20.4 Å². The van der Waals surface area contributed by atoms with E-state index in [0.29, 0.717) is 36.2 Å². The zero-order valence-corrected chi connectivity index (χ0v) is 36.2. The number of rotatable bonds is 11. The topological polar surface area (TPSA) is 269 Å². The van der Waals surface area contributed by atoms with Gasteiger partial charge in [-0.1, -0.05) is 70.7 Å². The smallest absolute Gasteiger partial charge is 0.261 e. The van der Waals surface area contributed by atoms with Crippen LogP contribution in [0.5, 0.6) is 0 Å². The van der Waals surface area contributed by atoms with Crippen LogP contribution >= 0.6 is 80.7 Å². The van der Waals surface area contributed by atoms with Crippen molar-refractivity contribution >= 4 is 113 Å². The summed E-state index contributed by atoms with van der Waals surface area (Å²) >= 11 is 31.4. The number of tetrazole rings is 2. The second-order valence-corrected chi connectivity index (χ2v) is 16.5. The van der Waals surface area contributed by atoms with Crippen LogP contribution in [0.3, 0.4) is 0 Å². The summed E-state index contributed by atoms with van der Waals surface area (Å²) in [5.74, 6) is -0.375. The van der Waals surface area contributed by atoms with Crippen molar-refractivity contribution in [3.63, 3.8) is 0 Å². The lowest BCUT2D eigenvalue weighted by Crippen LogP contribution is -2.20. The number of hydrogen-bond acceptors (Lipinski definition) is 14. The fourth-order valence-electron chi connectivity index (χ4n) is 5.44. The van der Waals surface area contributed by atoms with Crippen LogP contribution in [0.15, 0.2) is 82.6 Å². The summed E-state index contributed by atoms with van der Waals surface area (Å²) in [6.07, 6.45) is 1.51. The molecule has 61 heavy (non-hydrogen) atoms. The first-order chi connectivity index (χ1) is 29.1. The zero-order valence-electron chi connectivity index (χ0n) is 30.8. The van der Waals surface area contributed by atoms with Crippen molar-refractivity contribution in [3.05, 3.63) is 146 Å². The number of aliphatic hydroxyl groups is 2. The summed E-state index contributed by atoms with van der Waals surface area (Å²) in [7, 11) is 0. The summed E-state index contributed by atoms with van der Waals surface area (Å²) in [4.78, 5) is 52.0. The monoisotopic (exact) mass is 964 g/mol. The number of hydrogen-bond donors (Lipinski definition) is 5. The van der Waals surface area contributed by atoms with E-state index in [2.05, 4.69) is 35.8 Å². The lowest BCUT2D eigenvalue weighted by Gasteiger charge is -2.09. The van der Waals surface area contributed by atoms with Gasteiger partial charge in [-0.25, -0.2) is 0 Å². The van der Waals surface area contributed by atoms with Crippen molar-refractivity contribution in [1.29, 1.82) is 0 Å². The van der Waals surface area contributed by atoms with Crippen LogP contribution in [-0.4, -0.2) is 72.0 Å². The van der Waals surface area contributed by atoms with Gasteiger partial charge in [-0.2, -0.15) is 9.59 Å². The normalized spacial score (nSPS) is 12.0. The third kappa shape index (κ3) is 11.0. The molecule has 0 saturated heterocycles. The Morgan fingerprint density at radius 1 is 0.705 bits per heavy atom. The van der Waals surface area contributed by atoms with E-state index in [0.717, 1.165) is 28.2 Å². The first-order valence-corrected chi connectivity index (χ1v) is 21.0. The van der Waals surface area contributed by atoms with Crippen molar-refractivity contribution in [3.8, 4) is 0 Å². The summed E-state index contributed by atoms with van der Waals surface area (Å²) in [6.45, 7) is 0.357. The molecule has 8 aromatic rings. The van der Waals surface area contributed by atoms with E-state index in [9.17, 15) is 29.4 Å². The Labute approximate surface area is 375 Å². The van der Waals surface area contributed by atoms with Crippen LogP contribution in [0.2, 0.25) is 20.1 Å². The summed E-state index contributed by atoms with van der Waals surface area (Å²) in [5.41, 5.74) is 11.1. The Morgan fingerprint density at radius 3 is 1.66 bits per heavy atom. The minimum atomic E-state index is -0.847. The Morgan fingerprint density at radius 2 is 1.18 bits per heavy atom. The fraction of sp³-hybridized carbons (Fsp3) is 0.167. The van der Waals surface area contributed by atoms with Gasteiger partial charge < -0.3 is 31.2 Å². The minimum Gasteiger partial charge on any atom is -0.386 e. The molecule has 7 N–H and O–H groups in total. The number of primary amides is 2. The molecule has 2 amide bonds. The van der Waals surface area contributed by atoms with E-state index in [1.54, 1.807) is 66.9 Å². The van der Waals surface area contributed by atoms with E-state index in [4.69, 9.17) is 69.5 Å². The van der Waals surface area contributed by atoms with Crippen LogP contribution in [-0.2, 0) is 25.5 Å². The maximum Gasteiger partial charge on any atom is 0.261 e. The molecular weight excluding hydrogens is 938 g/mol. The molecule has 6 aromatic heterocycles. The van der Waals surface area contributed by atoms with Crippen LogP contribution in [0.25, 0.3) is 20.2 Å². The average molecular weight is 967 g/mol. The number of carbonyl (C=O) groups excluding carboxylic acids is 2. The molecule has 8 rings (SSSR count). The highest BCUT2D eigenvalue weighted by molar-refractivity contribution is 7.22. The largest absolute Gasteiger partial charge is 0.386 e. The Kier molecular flexibility index (Phi) is 14.9. The molecular formula is C36H29Cl5N12O6S2. The van der Waals surface area contributed by atoms with Gasteiger partial charge in [-0.05, 0) is 58.0 Å². The number of aromatic nitrogens is 10. The van der Waals surface area contributed by atoms with Gasteiger partial charge in [0.1, 0.15) is 22.0 Å². The van der Waals surface area contributed by atoms with E-state index in [1.807, 2.05) is 0 Å². The number of nitrogens with one attached hydrogen (secondary N) is 1. The van der Waals surface area contributed by atoms with Crippen molar-refractivity contribution in [2.75, 3.05) is 0 Å². The highest BCUT2D eigenvalue weighted by Crippen LogP contribution is 2.33. The number of thiophene rings is 2. The second kappa shape index (κ2) is 20.1. The molecule has 0 fully saturated rings. The third-order valence-corrected chi connectivity index (χ3v) is 12.4. The molecule has 0 radical (unpaired) electrons. The first kappa shape index (κ1) is 45.2. The van der Waals surface area contributed by atoms with Crippen molar-refractivity contribution in [2.24, 2.45) is 11.5 Å². The molecule has 0 unspecified atom stereocenters. The van der Waals surface area contributed by atoms with Gasteiger partial charge in [0.25, 0.3) is 22.9 Å². The number of aliphatic hydroxyl groups excluding tert-OH is 2. The van der Waals surface area contributed by atoms with E-state index >= 15 is 0 Å². The Bertz CT molecular complexity index is 2950. The number of alkyl halides is 1. The number of halogens is 5. The SMILES string of the molecule is NC(=O)c1sc2cc[nH]c(=O)c2c1Cl.NC(=O)c1sc2ccn(Cc3nnn(C[C@H](O)c4ccc(Cl)cc4)n3)c(=O)c2c1Cl.O[C@@H](Cn1nnc(CCl)n1)c1ccc(Cl)cc1. The van der Waals surface area contributed by atoms with Crippen LogP contribution in [0, 0.1) is 0 Å². The molecule has 316 valence electrons. The Hall–Kier alpha value is -5.29. The second-order valence-electron chi connectivity index (χ2n) is 12.5. The zero-order chi connectivity index (χ0) is 44.0. The standard InChI is InChI=1S/C18H14Cl2N6O3S.C10H10Cl2N4O.C8H5ClN2O2S/c19-10-3-1-9(2-4-10)11(27)7-26-23-13(22-24-26)8-25-6-5-12-14(18(25)29)15(20)16(30-12)17(21)28;11-5-10-13-15-16(14-10)6-9(17)7-1-3-8(12)4-2-7;9-5-4-3(1-2-11-8(4)13)14-6(5)7(10)12/h1-6,11,27H,7-8H2,(H2,21,28);1-4,9,17H,5-6H2;1-2H,(H2,10,12)(H,11,13)/t11-;9-;/m00./s1. The average Bonchev–Trinajstić information content (AvgIpc) is 4.03. The van der Waals surface area contributed by atoms with Gasteiger partial charge in [0.15, 0.2) is 11.6 Å². The molecule has 6 heterocycles. The van der Waals surface area contributed by atoms with Crippen LogP contribution in [0.4, 0.5) is 0 Å². The molecule has 25 heteroatoms. The van der Waals surface area contributed by atoms with Crippen molar-refractivity contribution in [1.82, 2.24) is 50.0 Å². The Balaban J connectivity index is 0.000000169. The molecule has 0 aliphatic heterocycles. The fourth-order valence-corrected chi connectivity index (χ4v) is 8.58. The number of nitrogens with zero attached hydrogens (tertiary/aromatic N) is 9. The summed E-state index contributed by atoms with van der Waals surface area (Å²) < 4.78 is 2.59. The number of pyridine rings is 2. The molecule has 0 bridgehead atoms. The number of amides is 2. The van der Waals surface area contributed by atoms with E-state index < -0.39 is 29.6 Å². The highest BCUT2D eigenvalue weighted by atomic mass is 35.5. The number of benzene rings is 2. The van der Waals surface area contributed by atoms with Crippen molar-refractivity contribution in [2.45, 2.75) is 37.7 Å². The number of nitrogens with two attached hydrogens (primary N) is 2. The molecule has 0 aliphatic rings. The maximum atomic E-state index is 12.8. The summed E-state index contributed by atoms with van der Waals surface area (Å²) in [5, 5.41) is 45.7. The molecule has 0 saturated carbocycles. The van der Waals surface area contributed by atoms with Gasteiger partial charge >= 0.3 is 0 Å². The number of fused-ring (bicyclic) bond motifs is 2. The van der Waals surface area contributed by atoms with Gasteiger partial charge in [-0.15, -0.1) is 54.7 Å². The van der Waals surface area contributed by atoms with Crippen LogP contribution < -0.4 is 22.6 Å². The molecule has 0 spiro atoms. The van der Waals surface area contributed by atoms with Gasteiger partial charge in [0.05, 0.1) is 46.3 Å². The number of carbonyl (C=O) groups is 2. The number of H-pyrrole nitrogens is 1.